The van der Waals surface area contributed by atoms with Crippen LogP contribution in [-0.2, 0) is 28.7 Å². The lowest BCUT2D eigenvalue weighted by molar-refractivity contribution is -0.156. The average molecular weight is 302 g/mol. The van der Waals surface area contributed by atoms with E-state index >= 15 is 0 Å². The molecule has 6 atom stereocenters. The maximum Gasteiger partial charge on any atom is 0.318 e. The zero-order chi connectivity index (χ0) is 15.2. The Bertz CT molecular complexity index is 647. The van der Waals surface area contributed by atoms with Crippen molar-refractivity contribution in [3.63, 3.8) is 0 Å². The monoisotopic (exact) mass is 302 g/mol. The van der Waals surface area contributed by atoms with Gasteiger partial charge in [-0.2, -0.15) is 0 Å². The lowest BCUT2D eigenvalue weighted by Gasteiger charge is -2.57. The summed E-state index contributed by atoms with van der Waals surface area (Å²) in [6, 6.07) is 0. The van der Waals surface area contributed by atoms with E-state index in [-0.39, 0.29) is 0 Å². The minimum atomic E-state index is -0.741. The molecule has 1 spiro atoms. The van der Waals surface area contributed by atoms with Crippen molar-refractivity contribution < 1.29 is 28.7 Å². The predicted octanol–water partition coefficient (Wildman–Crippen LogP) is 0.748. The second-order valence-electron chi connectivity index (χ2n) is 7.00. The molecule has 6 nitrogen and oxygen atoms in total. The largest absolute Gasteiger partial charge is 0.393 e. The standard InChI is InChI=1S/C16H14O6/c17-12-8-7-5-6-3-1-2-4-16(6,10(8)14(19)21-12)11-9(7)13(18)22-15(11)20/h5,7-11H,1-4H2/t7?,8-,9+,10-,11-,16?/m0/s1. The molecule has 2 aliphatic heterocycles. The number of esters is 4. The van der Waals surface area contributed by atoms with Gasteiger partial charge in [0, 0.05) is 11.3 Å². The molecule has 6 heteroatoms. The Hall–Kier alpha value is -1.98. The van der Waals surface area contributed by atoms with Gasteiger partial charge < -0.3 is 9.47 Å². The lowest BCUT2D eigenvalue weighted by Crippen LogP contribution is -2.60. The molecule has 6 rings (SSSR count). The highest BCUT2D eigenvalue weighted by Gasteiger charge is 2.75. The summed E-state index contributed by atoms with van der Waals surface area (Å²) in [5, 5.41) is 0. The van der Waals surface area contributed by atoms with Crippen LogP contribution in [0.4, 0.5) is 0 Å². The van der Waals surface area contributed by atoms with Crippen molar-refractivity contribution in [2.45, 2.75) is 25.7 Å². The van der Waals surface area contributed by atoms with Crippen molar-refractivity contribution in [2.75, 3.05) is 0 Å². The van der Waals surface area contributed by atoms with E-state index in [0.29, 0.717) is 6.42 Å². The molecule has 0 radical (unpaired) electrons. The quantitative estimate of drug-likeness (QED) is 0.373. The molecule has 0 amide bonds. The third-order valence-corrected chi connectivity index (χ3v) is 6.39. The van der Waals surface area contributed by atoms with E-state index in [2.05, 4.69) is 0 Å². The number of rotatable bonds is 0. The fourth-order valence-electron chi connectivity index (χ4n) is 5.78. The molecule has 2 bridgehead atoms. The minimum absolute atomic E-state index is 0.442. The van der Waals surface area contributed by atoms with Crippen LogP contribution in [0.25, 0.3) is 0 Å². The topological polar surface area (TPSA) is 86.7 Å². The summed E-state index contributed by atoms with van der Waals surface area (Å²) < 4.78 is 9.79. The van der Waals surface area contributed by atoms with E-state index in [4.69, 9.17) is 9.47 Å². The van der Waals surface area contributed by atoms with Gasteiger partial charge in [0.05, 0.1) is 23.7 Å². The summed E-state index contributed by atoms with van der Waals surface area (Å²) in [7, 11) is 0. The maximum absolute atomic E-state index is 12.3. The first-order chi connectivity index (χ1) is 10.6. The van der Waals surface area contributed by atoms with Crippen molar-refractivity contribution in [3.8, 4) is 0 Å². The fourth-order valence-corrected chi connectivity index (χ4v) is 5.78. The maximum atomic E-state index is 12.3. The van der Waals surface area contributed by atoms with E-state index in [1.54, 1.807) is 0 Å². The van der Waals surface area contributed by atoms with Crippen molar-refractivity contribution in [1.29, 1.82) is 0 Å². The minimum Gasteiger partial charge on any atom is -0.393 e. The Morgan fingerprint density at radius 1 is 0.864 bits per heavy atom. The van der Waals surface area contributed by atoms with Gasteiger partial charge in [-0.3, -0.25) is 19.2 Å². The Kier molecular flexibility index (Phi) is 2.09. The van der Waals surface area contributed by atoms with Crippen molar-refractivity contribution in [1.82, 2.24) is 0 Å². The third-order valence-electron chi connectivity index (χ3n) is 6.39. The van der Waals surface area contributed by atoms with Gasteiger partial charge in [-0.25, -0.2) is 0 Å². The molecule has 114 valence electrons. The summed E-state index contributed by atoms with van der Waals surface area (Å²) in [6.07, 6.45) is 5.30. The van der Waals surface area contributed by atoms with Crippen LogP contribution in [0.2, 0.25) is 0 Å². The van der Waals surface area contributed by atoms with Gasteiger partial charge in [0.25, 0.3) is 0 Å². The normalized spacial score (nSPS) is 48.4. The van der Waals surface area contributed by atoms with E-state index in [1.165, 1.54) is 0 Å². The molecular formula is C16H14O6. The van der Waals surface area contributed by atoms with Crippen LogP contribution in [0.1, 0.15) is 25.7 Å². The van der Waals surface area contributed by atoms with Gasteiger partial charge in [0.2, 0.25) is 0 Å². The highest BCUT2D eigenvalue weighted by atomic mass is 16.6. The molecule has 22 heavy (non-hydrogen) atoms. The molecule has 2 heterocycles. The number of allylic oxidation sites excluding steroid dienone is 2. The van der Waals surface area contributed by atoms with Crippen LogP contribution in [0.5, 0.6) is 0 Å². The Labute approximate surface area is 125 Å². The predicted molar refractivity (Wildman–Crippen MR) is 68.6 cm³/mol. The van der Waals surface area contributed by atoms with Crippen LogP contribution in [0, 0.1) is 35.0 Å². The first-order valence-corrected chi connectivity index (χ1v) is 7.78. The molecule has 2 saturated heterocycles. The van der Waals surface area contributed by atoms with Crippen molar-refractivity contribution >= 4 is 23.9 Å². The summed E-state index contributed by atoms with van der Waals surface area (Å²) >= 11 is 0. The molecule has 2 unspecified atom stereocenters. The van der Waals surface area contributed by atoms with Crippen LogP contribution in [0.3, 0.4) is 0 Å². The van der Waals surface area contributed by atoms with Crippen LogP contribution >= 0.6 is 0 Å². The number of carbonyl (C=O) groups excluding carboxylic acids is 4. The van der Waals surface area contributed by atoms with Gasteiger partial charge in [-0.05, 0) is 19.3 Å². The molecule has 4 aliphatic carbocycles. The van der Waals surface area contributed by atoms with E-state index in [9.17, 15) is 19.2 Å². The lowest BCUT2D eigenvalue weighted by atomic mass is 9.41. The molecule has 0 aromatic carbocycles. The molecule has 0 aromatic rings. The molecule has 0 N–H and O–H groups in total. The smallest absolute Gasteiger partial charge is 0.318 e. The van der Waals surface area contributed by atoms with Gasteiger partial charge in [-0.1, -0.05) is 18.1 Å². The zero-order valence-electron chi connectivity index (χ0n) is 11.7. The first-order valence-electron chi connectivity index (χ1n) is 7.78. The summed E-state index contributed by atoms with van der Waals surface area (Å²) in [6.45, 7) is 0. The van der Waals surface area contributed by atoms with Crippen LogP contribution < -0.4 is 0 Å². The molecule has 6 aliphatic rings. The Morgan fingerprint density at radius 3 is 2.05 bits per heavy atom. The second kappa shape index (κ2) is 3.67. The Balaban J connectivity index is 1.80. The molecule has 0 aromatic heterocycles. The number of carbonyl (C=O) groups is 4. The average Bonchev–Trinajstić information content (AvgIpc) is 2.98. The van der Waals surface area contributed by atoms with Crippen molar-refractivity contribution in [3.05, 3.63) is 11.6 Å². The number of cyclic esters (lactones) is 4. The van der Waals surface area contributed by atoms with E-state index < -0.39 is 58.9 Å². The fraction of sp³-hybridized carbons (Fsp3) is 0.625. The number of ether oxygens (including phenoxy) is 2. The second-order valence-corrected chi connectivity index (χ2v) is 7.00. The van der Waals surface area contributed by atoms with Crippen LogP contribution in [-0.4, -0.2) is 23.9 Å². The van der Waals surface area contributed by atoms with Crippen LogP contribution in [0.15, 0.2) is 11.6 Å². The van der Waals surface area contributed by atoms with Gasteiger partial charge in [0.1, 0.15) is 0 Å². The summed E-state index contributed by atoms with van der Waals surface area (Å²) in [5.41, 5.74) is 0.319. The molecular weight excluding hydrogens is 288 g/mol. The highest BCUT2D eigenvalue weighted by molar-refractivity contribution is 6.04. The van der Waals surface area contributed by atoms with E-state index in [0.717, 1.165) is 24.8 Å². The zero-order valence-corrected chi connectivity index (χ0v) is 11.7. The molecule has 2 saturated carbocycles. The first kappa shape index (κ1) is 12.6. The number of hydrogen-bond acceptors (Lipinski definition) is 6. The SMILES string of the molecule is O=C1OC(=O)[C@@H]2[C@H]1C1C=C3CCCCC32[C@@H]2C(=O)OC(=O)[C@@H]12. The van der Waals surface area contributed by atoms with Crippen molar-refractivity contribution in [2.24, 2.45) is 35.0 Å². The summed E-state index contributed by atoms with van der Waals surface area (Å²) in [5.74, 6) is -5.10. The van der Waals surface area contributed by atoms with Gasteiger partial charge in [-0.15, -0.1) is 0 Å². The van der Waals surface area contributed by atoms with Gasteiger partial charge in [0.15, 0.2) is 0 Å². The number of hydrogen-bond donors (Lipinski definition) is 0. The highest BCUT2D eigenvalue weighted by Crippen LogP contribution is 2.69. The van der Waals surface area contributed by atoms with E-state index in [1.807, 2.05) is 6.08 Å². The molecule has 4 fully saturated rings. The van der Waals surface area contributed by atoms with Gasteiger partial charge >= 0.3 is 23.9 Å². The Morgan fingerprint density at radius 2 is 1.45 bits per heavy atom. The summed E-state index contributed by atoms with van der Waals surface area (Å²) in [4.78, 5) is 49.0. The third kappa shape index (κ3) is 1.13.